The van der Waals surface area contributed by atoms with Crippen molar-refractivity contribution >= 4 is 80.7 Å². The molecule has 0 aliphatic heterocycles. The molecule has 0 N–H and O–H groups in total. The Labute approximate surface area is 282 Å². The summed E-state index contributed by atoms with van der Waals surface area (Å²) < 4.78 is 6.63. The van der Waals surface area contributed by atoms with Gasteiger partial charge >= 0.3 is 99.8 Å². The summed E-state index contributed by atoms with van der Waals surface area (Å²) in [6.07, 6.45) is 4.06. The second-order valence-electron chi connectivity index (χ2n) is 11.8. The van der Waals surface area contributed by atoms with Gasteiger partial charge in [0.05, 0.1) is 0 Å². The van der Waals surface area contributed by atoms with Crippen LogP contribution in [-0.2, 0) is 20.1 Å². The Kier molecular flexibility index (Phi) is 8.87. The maximum atomic E-state index is 4.82. The minimum Gasteiger partial charge on any atom is 0 e. The van der Waals surface area contributed by atoms with Crippen LogP contribution in [0.5, 0.6) is 0 Å². The summed E-state index contributed by atoms with van der Waals surface area (Å²) in [4.78, 5) is 9.35. The van der Waals surface area contributed by atoms with E-state index in [9.17, 15) is 0 Å². The zero-order valence-electron chi connectivity index (χ0n) is 24.9. The molecular formula is C38H30GeIrN2S2-2. The number of benzene rings is 4. The van der Waals surface area contributed by atoms with Crippen molar-refractivity contribution in [2.24, 2.45) is 0 Å². The van der Waals surface area contributed by atoms with Crippen LogP contribution in [0.3, 0.4) is 0 Å². The van der Waals surface area contributed by atoms with Gasteiger partial charge in [0.2, 0.25) is 0 Å². The first-order valence-corrected chi connectivity index (χ1v) is 23.4. The van der Waals surface area contributed by atoms with Gasteiger partial charge in [-0.05, 0) is 40.4 Å². The van der Waals surface area contributed by atoms with Crippen LogP contribution in [0, 0.1) is 19.1 Å². The summed E-state index contributed by atoms with van der Waals surface area (Å²) in [6, 6.07) is 40.6. The largest absolute Gasteiger partial charge is 0 e. The summed E-state index contributed by atoms with van der Waals surface area (Å²) >= 11 is 1.96. The molecule has 0 saturated carbocycles. The summed E-state index contributed by atoms with van der Waals surface area (Å²) in [6.45, 7) is 2.15. The fourth-order valence-electron chi connectivity index (χ4n) is 5.35. The van der Waals surface area contributed by atoms with Crippen molar-refractivity contribution in [2.45, 2.75) is 24.2 Å². The Morgan fingerprint density at radius 2 is 1.39 bits per heavy atom. The van der Waals surface area contributed by atoms with Crippen molar-refractivity contribution < 1.29 is 20.1 Å². The van der Waals surface area contributed by atoms with Crippen molar-refractivity contribution in [3.8, 4) is 22.5 Å². The topological polar surface area (TPSA) is 25.8 Å². The van der Waals surface area contributed by atoms with Crippen molar-refractivity contribution in [1.29, 1.82) is 0 Å². The van der Waals surface area contributed by atoms with Gasteiger partial charge in [-0.3, -0.25) is 0 Å². The molecule has 0 aliphatic rings. The number of nitrogens with zero attached hydrogens (tertiary/aromatic N) is 2. The van der Waals surface area contributed by atoms with Crippen LogP contribution in [0.1, 0.15) is 5.56 Å². The second kappa shape index (κ2) is 12.7. The van der Waals surface area contributed by atoms with Gasteiger partial charge in [0.1, 0.15) is 0 Å². The number of rotatable bonds is 3. The van der Waals surface area contributed by atoms with Gasteiger partial charge in [0.15, 0.2) is 0 Å². The monoisotopic (exact) mass is 845 g/mol. The molecule has 0 amide bonds. The van der Waals surface area contributed by atoms with Crippen molar-refractivity contribution in [1.82, 2.24) is 9.97 Å². The van der Waals surface area contributed by atoms with Gasteiger partial charge in [-0.2, -0.15) is 11.3 Å². The molecule has 4 aromatic heterocycles. The number of hydrogen-bond acceptors (Lipinski definition) is 4. The van der Waals surface area contributed by atoms with Crippen LogP contribution in [0.2, 0.25) is 17.3 Å². The van der Waals surface area contributed by atoms with E-state index in [2.05, 4.69) is 108 Å². The molecule has 0 atom stereocenters. The first-order valence-electron chi connectivity index (χ1n) is 14.4. The van der Waals surface area contributed by atoms with Gasteiger partial charge < -0.3 is 4.98 Å². The van der Waals surface area contributed by atoms with Crippen molar-refractivity contribution in [3.05, 3.63) is 127 Å². The van der Waals surface area contributed by atoms with Crippen LogP contribution in [0.4, 0.5) is 0 Å². The van der Waals surface area contributed by atoms with Crippen LogP contribution in [0.15, 0.2) is 109 Å². The van der Waals surface area contributed by atoms with Gasteiger partial charge in [-0.25, -0.2) is 0 Å². The van der Waals surface area contributed by atoms with E-state index in [4.69, 9.17) is 4.98 Å². The molecule has 8 aromatic rings. The summed E-state index contributed by atoms with van der Waals surface area (Å²) in [5, 5.41) is 5.13. The van der Waals surface area contributed by atoms with Crippen molar-refractivity contribution in [2.75, 3.05) is 0 Å². The molecule has 8 rings (SSSR count). The first-order chi connectivity index (χ1) is 20.8. The Balaban J connectivity index is 0.000000174. The smallest absolute Gasteiger partial charge is 0 e. The predicted molar refractivity (Wildman–Crippen MR) is 191 cm³/mol. The molecule has 0 aliphatic carbocycles. The van der Waals surface area contributed by atoms with E-state index in [0.717, 1.165) is 22.5 Å². The molecule has 2 nitrogen and oxygen atoms in total. The molecular weight excluding hydrogens is 813 g/mol. The number of pyridine rings is 2. The number of hydrogen-bond donors (Lipinski definition) is 0. The van der Waals surface area contributed by atoms with E-state index in [1.165, 1.54) is 50.3 Å². The quantitative estimate of drug-likeness (QED) is 0.131. The molecule has 0 bridgehead atoms. The van der Waals surface area contributed by atoms with E-state index in [1.807, 2.05) is 65.4 Å². The number of aromatic nitrogens is 2. The van der Waals surface area contributed by atoms with E-state index < -0.39 is 13.3 Å². The number of aryl methyl sites for hydroxylation is 1. The zero-order valence-corrected chi connectivity index (χ0v) is 31.1. The van der Waals surface area contributed by atoms with Gasteiger partial charge in [0, 0.05) is 51.2 Å². The third kappa shape index (κ3) is 6.04. The van der Waals surface area contributed by atoms with Crippen LogP contribution < -0.4 is 4.40 Å². The molecule has 0 unspecified atom stereocenters. The Bertz CT molecular complexity index is 2230. The molecule has 4 heterocycles. The fourth-order valence-corrected chi connectivity index (χ4v) is 9.94. The van der Waals surface area contributed by atoms with E-state index >= 15 is 0 Å². The Hall–Kier alpha value is -3.19. The Morgan fingerprint density at radius 3 is 2.16 bits per heavy atom. The van der Waals surface area contributed by atoms with E-state index in [0.29, 0.717) is 0 Å². The minimum atomic E-state index is -1.72. The molecule has 6 heteroatoms. The van der Waals surface area contributed by atoms with Gasteiger partial charge in [-0.1, -0.05) is 41.8 Å². The molecule has 44 heavy (non-hydrogen) atoms. The maximum Gasteiger partial charge on any atom is 0 e. The second-order valence-corrected chi connectivity index (χ2v) is 24.6. The summed E-state index contributed by atoms with van der Waals surface area (Å²) in [5.41, 5.74) is 5.48. The predicted octanol–water partition coefficient (Wildman–Crippen LogP) is 10.7. The average molecular weight is 844 g/mol. The molecule has 0 saturated heterocycles. The van der Waals surface area contributed by atoms with Gasteiger partial charge in [-0.15, -0.1) is 35.1 Å². The SMILES string of the molecule is Cc1ccc2c(c1)sc1c(-c3cc4sc5ccccc5c4cn3)[c-]ccc12.[CH3][Ge]([CH3])([CH3])[c]1ccc(-c2[c-]cccc2)nc1.[Ir]. The van der Waals surface area contributed by atoms with E-state index in [1.54, 1.807) is 0 Å². The van der Waals surface area contributed by atoms with Crippen LogP contribution >= 0.6 is 22.7 Å². The molecule has 0 fully saturated rings. The summed E-state index contributed by atoms with van der Waals surface area (Å²) in [5.74, 6) is 7.14. The van der Waals surface area contributed by atoms with Crippen LogP contribution in [-0.4, -0.2) is 23.2 Å². The third-order valence-corrected chi connectivity index (χ3v) is 14.3. The standard InChI is InChI=1S/C24H14NS2.C14H16GeN.Ir/c1-14-9-10-16-17-6-4-7-18(24(17)27-22(16)11-14)20-12-23-19(13-25-20)15-5-2-3-8-21(15)26-23;1-15(2,3)13-9-10-14(16-11-13)12-7-5-4-6-8-12;/h2-6,8-13H,1H3;4-7,9-11H,1-3H3;/q2*-1;. The zero-order chi connectivity index (χ0) is 29.6. The van der Waals surface area contributed by atoms with Crippen molar-refractivity contribution in [3.63, 3.8) is 0 Å². The molecule has 219 valence electrons. The normalized spacial score (nSPS) is 11.5. The number of thiophene rings is 2. The van der Waals surface area contributed by atoms with Crippen LogP contribution in [0.25, 0.3) is 62.9 Å². The molecule has 1 radical (unpaired) electrons. The maximum absolute atomic E-state index is 4.82. The number of fused-ring (bicyclic) bond motifs is 6. The Morgan fingerprint density at radius 1 is 0.614 bits per heavy atom. The third-order valence-electron chi connectivity index (χ3n) is 7.72. The molecule has 0 spiro atoms. The van der Waals surface area contributed by atoms with E-state index in [-0.39, 0.29) is 20.1 Å². The fraction of sp³-hybridized carbons (Fsp3) is 0.105. The minimum absolute atomic E-state index is 0. The van der Waals surface area contributed by atoms with Gasteiger partial charge in [0.25, 0.3) is 0 Å². The molecule has 4 aromatic carbocycles. The first kappa shape index (κ1) is 30.8. The average Bonchev–Trinajstić information content (AvgIpc) is 3.58. The summed E-state index contributed by atoms with van der Waals surface area (Å²) in [7, 11) is 0.